The van der Waals surface area contributed by atoms with Gasteiger partial charge in [-0.15, -0.1) is 24.9 Å². The first-order valence-electron chi connectivity index (χ1n) is 12.8. The van der Waals surface area contributed by atoms with Crippen molar-refractivity contribution < 1.29 is 24.2 Å². The van der Waals surface area contributed by atoms with E-state index in [1.807, 2.05) is 20.8 Å². The maximum atomic E-state index is 14.2. The zero-order valence-corrected chi connectivity index (χ0v) is 22.6. The number of aliphatic hydroxyl groups excluding tert-OH is 1. The fraction of sp³-hybridized carbons (Fsp3) is 0.741. The molecule has 0 aromatic heterocycles. The third-order valence-electron chi connectivity index (χ3n) is 7.76. The summed E-state index contributed by atoms with van der Waals surface area (Å²) >= 11 is 1.66. The van der Waals surface area contributed by atoms with Crippen molar-refractivity contribution in [3.63, 3.8) is 0 Å². The van der Waals surface area contributed by atoms with Crippen LogP contribution < -0.4 is 0 Å². The van der Waals surface area contributed by atoms with Crippen molar-refractivity contribution in [2.24, 2.45) is 11.8 Å². The maximum Gasteiger partial charge on any atom is 0.311 e. The van der Waals surface area contributed by atoms with Crippen LogP contribution in [0.2, 0.25) is 0 Å². The van der Waals surface area contributed by atoms with Crippen LogP contribution in [0.5, 0.6) is 0 Å². The molecule has 2 amide bonds. The summed E-state index contributed by atoms with van der Waals surface area (Å²) in [4.78, 5) is 45.1. The van der Waals surface area contributed by atoms with Crippen LogP contribution in [0.1, 0.15) is 66.2 Å². The topological polar surface area (TPSA) is 87.1 Å². The molecule has 3 saturated heterocycles. The number of amides is 2. The predicted molar refractivity (Wildman–Crippen MR) is 139 cm³/mol. The van der Waals surface area contributed by atoms with Crippen molar-refractivity contribution in [3.05, 3.63) is 25.3 Å². The summed E-state index contributed by atoms with van der Waals surface area (Å²) in [5.41, 5.74) is -0.450. The number of esters is 1. The summed E-state index contributed by atoms with van der Waals surface area (Å²) in [6.07, 6.45) is 7.60. The Morgan fingerprint density at radius 2 is 1.94 bits per heavy atom. The molecule has 2 bridgehead atoms. The highest BCUT2D eigenvalue weighted by molar-refractivity contribution is 8.02. The Kier molecular flexibility index (Phi) is 8.47. The number of rotatable bonds is 12. The van der Waals surface area contributed by atoms with Gasteiger partial charge in [-0.25, -0.2) is 0 Å². The molecule has 35 heavy (non-hydrogen) atoms. The molecule has 1 spiro atoms. The van der Waals surface area contributed by atoms with Crippen molar-refractivity contribution in [2.75, 3.05) is 26.3 Å². The van der Waals surface area contributed by atoms with Crippen molar-refractivity contribution in [3.8, 4) is 0 Å². The molecule has 2 unspecified atom stereocenters. The Hall–Kier alpha value is -1.80. The number of carbonyl (C=O) groups is 3. The zero-order chi connectivity index (χ0) is 26.0. The Labute approximate surface area is 214 Å². The number of carbonyl (C=O) groups excluding carboxylic acids is 3. The third kappa shape index (κ3) is 4.93. The summed E-state index contributed by atoms with van der Waals surface area (Å²) in [5.74, 6) is -1.69. The molecular weight excluding hydrogens is 464 g/mol. The Morgan fingerprint density at radius 1 is 1.23 bits per heavy atom. The van der Waals surface area contributed by atoms with Gasteiger partial charge in [-0.2, -0.15) is 0 Å². The summed E-state index contributed by atoms with van der Waals surface area (Å²) in [7, 11) is 0. The van der Waals surface area contributed by atoms with Crippen molar-refractivity contribution in [2.45, 2.75) is 87.3 Å². The molecule has 0 aromatic carbocycles. The van der Waals surface area contributed by atoms with E-state index < -0.39 is 32.9 Å². The van der Waals surface area contributed by atoms with E-state index in [2.05, 4.69) is 20.1 Å². The molecule has 3 fully saturated rings. The summed E-state index contributed by atoms with van der Waals surface area (Å²) < 4.78 is 4.57. The van der Waals surface area contributed by atoms with Gasteiger partial charge in [0.2, 0.25) is 11.8 Å². The highest BCUT2D eigenvalue weighted by atomic mass is 32.2. The molecule has 7 nitrogen and oxygen atoms in total. The number of unbranched alkanes of at least 4 members (excludes halogenated alkanes) is 2. The lowest BCUT2D eigenvalue weighted by Crippen LogP contribution is -2.58. The predicted octanol–water partition coefficient (Wildman–Crippen LogP) is 3.56. The highest BCUT2D eigenvalue weighted by Gasteiger charge is 2.77. The van der Waals surface area contributed by atoms with Crippen LogP contribution in [0.15, 0.2) is 25.3 Å². The number of hydrogen-bond acceptors (Lipinski definition) is 6. The van der Waals surface area contributed by atoms with E-state index >= 15 is 0 Å². The molecular formula is C27H42N2O5S. The maximum absolute atomic E-state index is 14.2. The van der Waals surface area contributed by atoms with Gasteiger partial charge in [0, 0.05) is 30.0 Å². The van der Waals surface area contributed by atoms with Crippen molar-refractivity contribution in [1.82, 2.24) is 9.80 Å². The SMILES string of the molecule is C=CCCCOC(=O)[C@H]1[C@H]2C(=O)N(CCCCO)C(C(=O)N(CC=C)C(C)(C)C)C23CC[C@]1(C)S3. The Balaban J connectivity index is 1.99. The van der Waals surface area contributed by atoms with E-state index in [1.54, 1.807) is 33.7 Å². The second-order valence-electron chi connectivity index (χ2n) is 11.2. The van der Waals surface area contributed by atoms with Gasteiger partial charge in [-0.3, -0.25) is 14.4 Å². The van der Waals surface area contributed by atoms with Gasteiger partial charge in [0.05, 0.1) is 23.2 Å². The van der Waals surface area contributed by atoms with Crippen LogP contribution in [-0.2, 0) is 19.1 Å². The standard InChI is InChI=1S/C27H42N2O5S/c1-7-9-12-18-34-24(33)20-19-22(31)28(16-10-11-17-30)21(27(19)14-13-26(20,6)35-27)23(32)29(15-8-2)25(3,4)5/h7-8,19-21,30H,1-2,9-18H2,3-6H3/t19-,20+,21?,26-,27?/m0/s1. The number of thioether (sulfide) groups is 1. The van der Waals surface area contributed by atoms with E-state index in [0.29, 0.717) is 45.4 Å². The molecule has 5 atom stereocenters. The van der Waals surface area contributed by atoms with E-state index in [0.717, 1.165) is 12.8 Å². The van der Waals surface area contributed by atoms with Crippen molar-refractivity contribution >= 4 is 29.5 Å². The fourth-order valence-electron chi connectivity index (χ4n) is 6.16. The van der Waals surface area contributed by atoms with Crippen LogP contribution >= 0.6 is 11.8 Å². The number of nitrogens with zero attached hydrogens (tertiary/aromatic N) is 2. The summed E-state index contributed by atoms with van der Waals surface area (Å²) in [5, 5.41) is 9.32. The van der Waals surface area contributed by atoms with Gasteiger partial charge < -0.3 is 19.6 Å². The Bertz CT molecular complexity index is 855. The lowest BCUT2D eigenvalue weighted by molar-refractivity contribution is -0.155. The molecule has 3 heterocycles. The molecule has 3 aliphatic rings. The van der Waals surface area contributed by atoms with Crippen LogP contribution in [-0.4, -0.2) is 80.1 Å². The average Bonchev–Trinajstić information content (AvgIpc) is 3.35. The Morgan fingerprint density at radius 3 is 2.54 bits per heavy atom. The number of likely N-dealkylation sites (tertiary alicyclic amines) is 1. The molecule has 0 aliphatic carbocycles. The number of allylic oxidation sites excluding steroid dienone is 1. The highest BCUT2D eigenvalue weighted by Crippen LogP contribution is 2.71. The van der Waals surface area contributed by atoms with Gasteiger partial charge in [0.25, 0.3) is 0 Å². The van der Waals surface area contributed by atoms with E-state index in [1.165, 1.54) is 0 Å². The quantitative estimate of drug-likeness (QED) is 0.247. The lowest BCUT2D eigenvalue weighted by atomic mass is 9.66. The van der Waals surface area contributed by atoms with Gasteiger partial charge in [-0.1, -0.05) is 12.2 Å². The third-order valence-corrected chi connectivity index (χ3v) is 9.74. The first-order valence-corrected chi connectivity index (χ1v) is 13.6. The minimum absolute atomic E-state index is 0.0340. The first kappa shape index (κ1) is 27.8. The number of hydrogen-bond donors (Lipinski definition) is 1. The van der Waals surface area contributed by atoms with Gasteiger partial charge in [-0.05, 0) is 66.2 Å². The largest absolute Gasteiger partial charge is 0.465 e. The smallest absolute Gasteiger partial charge is 0.311 e. The minimum Gasteiger partial charge on any atom is -0.465 e. The van der Waals surface area contributed by atoms with Crippen molar-refractivity contribution in [1.29, 1.82) is 0 Å². The number of fused-ring (bicyclic) bond motifs is 1. The monoisotopic (exact) mass is 506 g/mol. The molecule has 0 aromatic rings. The van der Waals surface area contributed by atoms with Gasteiger partial charge in [0.15, 0.2) is 0 Å². The summed E-state index contributed by atoms with van der Waals surface area (Å²) in [6.45, 7) is 16.7. The van der Waals surface area contributed by atoms with Crippen LogP contribution in [0, 0.1) is 11.8 Å². The van der Waals surface area contributed by atoms with Crippen LogP contribution in [0.3, 0.4) is 0 Å². The van der Waals surface area contributed by atoms with E-state index in [4.69, 9.17) is 4.74 Å². The molecule has 3 aliphatic heterocycles. The van der Waals surface area contributed by atoms with Gasteiger partial charge in [0.1, 0.15) is 6.04 Å². The number of ether oxygens (including phenoxy) is 1. The second-order valence-corrected chi connectivity index (χ2v) is 13.1. The summed E-state index contributed by atoms with van der Waals surface area (Å²) in [6, 6.07) is -0.650. The minimum atomic E-state index is -0.655. The zero-order valence-electron chi connectivity index (χ0n) is 21.8. The van der Waals surface area contributed by atoms with Crippen LogP contribution in [0.25, 0.3) is 0 Å². The molecule has 1 N–H and O–H groups in total. The molecule has 8 heteroatoms. The van der Waals surface area contributed by atoms with E-state index in [9.17, 15) is 19.5 Å². The van der Waals surface area contributed by atoms with Gasteiger partial charge >= 0.3 is 5.97 Å². The van der Waals surface area contributed by atoms with Crippen LogP contribution in [0.4, 0.5) is 0 Å². The number of aliphatic hydroxyl groups is 1. The second kappa shape index (κ2) is 10.7. The average molecular weight is 507 g/mol. The molecule has 196 valence electrons. The van der Waals surface area contributed by atoms with E-state index in [-0.39, 0.29) is 24.4 Å². The first-order chi connectivity index (χ1) is 16.5. The molecule has 0 radical (unpaired) electrons. The molecule has 0 saturated carbocycles. The fourth-order valence-corrected chi connectivity index (χ4v) is 8.50. The molecule has 3 rings (SSSR count). The lowest BCUT2D eigenvalue weighted by Gasteiger charge is -2.42. The normalized spacial score (nSPS) is 31.4.